The molecule has 1 aliphatic rings. The van der Waals surface area contributed by atoms with Crippen molar-refractivity contribution in [2.45, 2.75) is 27.3 Å². The number of hydrogen-bond acceptors (Lipinski definition) is 4. The van der Waals surface area contributed by atoms with E-state index in [9.17, 15) is 9.59 Å². The van der Waals surface area contributed by atoms with Crippen molar-refractivity contribution >= 4 is 28.8 Å². The molecular weight excluding hydrogens is 410 g/mol. The number of anilines is 2. The van der Waals surface area contributed by atoms with Gasteiger partial charge in [-0.25, -0.2) is 0 Å². The van der Waals surface area contributed by atoms with Gasteiger partial charge in [0, 0.05) is 25.5 Å². The van der Waals surface area contributed by atoms with E-state index in [4.69, 9.17) is 0 Å². The molecule has 0 bridgehead atoms. The molecule has 0 saturated heterocycles. The van der Waals surface area contributed by atoms with Gasteiger partial charge in [0.05, 0.1) is 12.1 Å². The third-order valence-electron chi connectivity index (χ3n) is 5.93. The second-order valence-electron chi connectivity index (χ2n) is 8.82. The Morgan fingerprint density at radius 1 is 0.788 bits per heavy atom. The van der Waals surface area contributed by atoms with E-state index < -0.39 is 0 Å². The van der Waals surface area contributed by atoms with Gasteiger partial charge < -0.3 is 10.2 Å². The number of nitrogens with zero attached hydrogens (tertiary/aromatic N) is 2. The highest BCUT2D eigenvalue weighted by molar-refractivity contribution is 6.36. The van der Waals surface area contributed by atoms with E-state index in [1.165, 1.54) is 4.90 Å². The van der Waals surface area contributed by atoms with Gasteiger partial charge in [-0.1, -0.05) is 53.6 Å². The van der Waals surface area contributed by atoms with Gasteiger partial charge in [0.25, 0.3) is 11.8 Å². The maximum Gasteiger partial charge on any atom is 0.278 e. The lowest BCUT2D eigenvalue weighted by atomic mass is 9.97. The summed E-state index contributed by atoms with van der Waals surface area (Å²) < 4.78 is 0. The zero-order valence-corrected chi connectivity index (χ0v) is 19.8. The van der Waals surface area contributed by atoms with Gasteiger partial charge in [-0.05, 0) is 61.7 Å². The normalized spacial score (nSPS) is 13.7. The maximum atomic E-state index is 13.6. The molecule has 0 fully saturated rings. The van der Waals surface area contributed by atoms with Gasteiger partial charge in [-0.2, -0.15) is 0 Å². The topological polar surface area (TPSA) is 52.7 Å². The SMILES string of the molecule is Cc1ccc(CN2C(=O)C(Nc3ccc(N(C)C)cc3)=C(c3ccc(C)cc3C)C2=O)cc1. The van der Waals surface area contributed by atoms with Crippen molar-refractivity contribution in [1.82, 2.24) is 4.90 Å². The molecule has 0 atom stereocenters. The minimum absolute atomic E-state index is 0.233. The Morgan fingerprint density at radius 2 is 1.42 bits per heavy atom. The molecule has 0 saturated carbocycles. The first-order valence-electron chi connectivity index (χ1n) is 11.0. The Hall–Kier alpha value is -3.86. The fraction of sp³-hybridized carbons (Fsp3) is 0.214. The molecular formula is C28H29N3O2. The molecule has 0 aromatic heterocycles. The molecule has 2 amide bonds. The minimum Gasteiger partial charge on any atom is -0.378 e. The summed E-state index contributed by atoms with van der Waals surface area (Å²) in [6, 6.07) is 21.6. The largest absolute Gasteiger partial charge is 0.378 e. The van der Waals surface area contributed by atoms with Crippen LogP contribution in [-0.2, 0) is 16.1 Å². The van der Waals surface area contributed by atoms with E-state index in [-0.39, 0.29) is 18.4 Å². The minimum atomic E-state index is -0.313. The summed E-state index contributed by atoms with van der Waals surface area (Å²) in [7, 11) is 3.96. The highest BCUT2D eigenvalue weighted by atomic mass is 16.2. The van der Waals surface area contributed by atoms with Crippen molar-refractivity contribution in [2.24, 2.45) is 0 Å². The van der Waals surface area contributed by atoms with Crippen LogP contribution in [0.3, 0.4) is 0 Å². The number of imide groups is 1. The lowest BCUT2D eigenvalue weighted by Gasteiger charge is -2.16. The molecule has 5 heteroatoms. The van der Waals surface area contributed by atoms with Gasteiger partial charge >= 0.3 is 0 Å². The zero-order chi connectivity index (χ0) is 23.7. The van der Waals surface area contributed by atoms with Gasteiger partial charge in [0.15, 0.2) is 0 Å². The number of hydrogen-bond donors (Lipinski definition) is 1. The standard InChI is InChI=1S/C28H29N3O2/c1-18-6-9-21(10-7-18)17-31-27(32)25(24-15-8-19(2)16-20(24)3)26(28(31)33)29-22-11-13-23(14-12-22)30(4)5/h6-16,29H,17H2,1-5H3. The fourth-order valence-electron chi connectivity index (χ4n) is 4.04. The third kappa shape index (κ3) is 4.53. The van der Waals surface area contributed by atoms with E-state index in [1.54, 1.807) is 0 Å². The van der Waals surface area contributed by atoms with E-state index in [0.29, 0.717) is 11.3 Å². The molecule has 5 nitrogen and oxygen atoms in total. The number of carbonyl (C=O) groups is 2. The Kier molecular flexibility index (Phi) is 6.05. The van der Waals surface area contributed by atoms with Crippen molar-refractivity contribution < 1.29 is 9.59 Å². The van der Waals surface area contributed by atoms with Crippen molar-refractivity contribution in [2.75, 3.05) is 24.3 Å². The van der Waals surface area contributed by atoms with Crippen LogP contribution in [0.4, 0.5) is 11.4 Å². The van der Waals surface area contributed by atoms with E-state index in [0.717, 1.165) is 39.2 Å². The first kappa shape index (κ1) is 22.3. The Balaban J connectivity index is 1.74. The van der Waals surface area contributed by atoms with E-state index in [1.807, 2.05) is 106 Å². The van der Waals surface area contributed by atoms with Crippen LogP contribution in [0.5, 0.6) is 0 Å². The average Bonchev–Trinajstić information content (AvgIpc) is 3.00. The Morgan fingerprint density at radius 3 is 2.03 bits per heavy atom. The van der Waals surface area contributed by atoms with E-state index >= 15 is 0 Å². The fourth-order valence-corrected chi connectivity index (χ4v) is 4.04. The summed E-state index contributed by atoms with van der Waals surface area (Å²) in [5.74, 6) is -0.591. The molecule has 1 heterocycles. The molecule has 0 spiro atoms. The Labute approximate surface area is 195 Å². The van der Waals surface area contributed by atoms with Crippen LogP contribution in [0.1, 0.15) is 27.8 Å². The van der Waals surface area contributed by atoms with Crippen molar-refractivity contribution in [3.63, 3.8) is 0 Å². The van der Waals surface area contributed by atoms with Crippen LogP contribution in [0.15, 0.2) is 72.4 Å². The zero-order valence-electron chi connectivity index (χ0n) is 19.8. The molecule has 1 aliphatic heterocycles. The van der Waals surface area contributed by atoms with Crippen molar-refractivity contribution in [1.29, 1.82) is 0 Å². The second kappa shape index (κ2) is 8.94. The first-order valence-corrected chi connectivity index (χ1v) is 11.0. The molecule has 33 heavy (non-hydrogen) atoms. The van der Waals surface area contributed by atoms with Crippen LogP contribution < -0.4 is 10.2 Å². The third-order valence-corrected chi connectivity index (χ3v) is 5.93. The molecule has 3 aromatic rings. The molecule has 0 unspecified atom stereocenters. The summed E-state index contributed by atoms with van der Waals surface area (Å²) in [5, 5.41) is 3.25. The van der Waals surface area contributed by atoms with Gasteiger partial charge in [-0.15, -0.1) is 0 Å². The second-order valence-corrected chi connectivity index (χ2v) is 8.82. The van der Waals surface area contributed by atoms with Crippen LogP contribution in [0.2, 0.25) is 0 Å². The number of aryl methyl sites for hydroxylation is 3. The van der Waals surface area contributed by atoms with Gasteiger partial charge in [0.2, 0.25) is 0 Å². The van der Waals surface area contributed by atoms with E-state index in [2.05, 4.69) is 5.32 Å². The highest BCUT2D eigenvalue weighted by Crippen LogP contribution is 2.33. The van der Waals surface area contributed by atoms with Crippen LogP contribution >= 0.6 is 0 Å². The molecule has 168 valence electrons. The number of benzene rings is 3. The smallest absolute Gasteiger partial charge is 0.278 e. The molecule has 3 aromatic carbocycles. The molecule has 1 N–H and O–H groups in total. The van der Waals surface area contributed by atoms with Crippen molar-refractivity contribution in [3.8, 4) is 0 Å². The maximum absolute atomic E-state index is 13.6. The lowest BCUT2D eigenvalue weighted by molar-refractivity contribution is -0.137. The van der Waals surface area contributed by atoms with Gasteiger partial charge in [0.1, 0.15) is 5.70 Å². The Bertz CT molecular complexity index is 1240. The van der Waals surface area contributed by atoms with Crippen LogP contribution in [-0.4, -0.2) is 30.8 Å². The van der Waals surface area contributed by atoms with Crippen molar-refractivity contribution in [3.05, 3.63) is 100 Å². The lowest BCUT2D eigenvalue weighted by Crippen LogP contribution is -2.32. The summed E-state index contributed by atoms with van der Waals surface area (Å²) in [6.07, 6.45) is 0. The summed E-state index contributed by atoms with van der Waals surface area (Å²) in [6.45, 7) is 6.23. The number of carbonyl (C=O) groups excluding carboxylic acids is 2. The predicted molar refractivity (Wildman–Crippen MR) is 134 cm³/mol. The number of rotatable bonds is 6. The number of nitrogens with one attached hydrogen (secondary N) is 1. The summed E-state index contributed by atoms with van der Waals surface area (Å²) in [5.41, 5.74) is 7.45. The quantitative estimate of drug-likeness (QED) is 0.545. The van der Waals surface area contributed by atoms with Gasteiger partial charge in [-0.3, -0.25) is 14.5 Å². The molecule has 0 radical (unpaired) electrons. The predicted octanol–water partition coefficient (Wildman–Crippen LogP) is 5.07. The molecule has 4 rings (SSSR count). The molecule has 0 aliphatic carbocycles. The number of amides is 2. The summed E-state index contributed by atoms with van der Waals surface area (Å²) in [4.78, 5) is 30.4. The average molecular weight is 440 g/mol. The highest BCUT2D eigenvalue weighted by Gasteiger charge is 2.39. The van der Waals surface area contributed by atoms with Crippen LogP contribution in [0.25, 0.3) is 5.57 Å². The first-order chi connectivity index (χ1) is 15.7. The monoisotopic (exact) mass is 439 g/mol. The van der Waals surface area contributed by atoms with Crippen LogP contribution in [0, 0.1) is 20.8 Å². The summed E-state index contributed by atoms with van der Waals surface area (Å²) >= 11 is 0.